The molecule has 2 amide bonds. The van der Waals surface area contributed by atoms with Gasteiger partial charge in [0, 0.05) is 0 Å². The number of carbonyl (C=O) groups excluding carboxylic acids is 2. The van der Waals surface area contributed by atoms with Crippen molar-refractivity contribution < 1.29 is 14.7 Å². The number of aliphatic hydroxyl groups excluding tert-OH is 1. The number of aliphatic hydroxyl groups is 1. The maximum atomic E-state index is 11.1. The average molecular weight is 202 g/mol. The van der Waals surface area contributed by atoms with Crippen molar-refractivity contribution in [3.05, 3.63) is 0 Å². The molecule has 1 unspecified atom stereocenters. The molecule has 5 nitrogen and oxygen atoms in total. The number of rotatable bonds is 5. The van der Waals surface area contributed by atoms with Gasteiger partial charge in [0.05, 0.1) is 0 Å². The van der Waals surface area contributed by atoms with Crippen molar-refractivity contribution in [2.24, 2.45) is 11.7 Å². The van der Waals surface area contributed by atoms with E-state index in [1.54, 1.807) is 0 Å². The van der Waals surface area contributed by atoms with Gasteiger partial charge >= 0.3 is 0 Å². The van der Waals surface area contributed by atoms with E-state index in [1.807, 2.05) is 13.8 Å². The number of hydrogen-bond acceptors (Lipinski definition) is 3. The molecule has 0 saturated carbocycles. The summed E-state index contributed by atoms with van der Waals surface area (Å²) >= 11 is 0. The topological polar surface area (TPSA) is 92.4 Å². The lowest BCUT2D eigenvalue weighted by molar-refractivity contribution is -0.132. The number of nitrogens with one attached hydrogen (secondary N) is 1. The lowest BCUT2D eigenvalue weighted by atomic mass is 10.0. The Kier molecular flexibility index (Phi) is 5.15. The van der Waals surface area contributed by atoms with Crippen LogP contribution in [0.15, 0.2) is 0 Å². The van der Waals surface area contributed by atoms with E-state index in [1.165, 1.54) is 6.92 Å². The highest BCUT2D eigenvalue weighted by atomic mass is 16.3. The van der Waals surface area contributed by atoms with Crippen LogP contribution in [-0.4, -0.2) is 29.1 Å². The summed E-state index contributed by atoms with van der Waals surface area (Å²) in [4.78, 5) is 22.0. The quantitative estimate of drug-likeness (QED) is 0.555. The summed E-state index contributed by atoms with van der Waals surface area (Å²) in [5.41, 5.74) is 5.10. The van der Waals surface area contributed by atoms with Crippen molar-refractivity contribution in [1.29, 1.82) is 0 Å². The van der Waals surface area contributed by atoms with E-state index >= 15 is 0 Å². The van der Waals surface area contributed by atoms with Crippen LogP contribution < -0.4 is 11.1 Å². The van der Waals surface area contributed by atoms with Gasteiger partial charge in [0.1, 0.15) is 12.1 Å². The Morgan fingerprint density at radius 3 is 2.14 bits per heavy atom. The Labute approximate surface area is 83.7 Å². The van der Waals surface area contributed by atoms with Crippen LogP contribution in [0, 0.1) is 5.92 Å². The molecular weight excluding hydrogens is 184 g/mol. The molecule has 0 rings (SSSR count). The van der Waals surface area contributed by atoms with Crippen molar-refractivity contribution in [3.63, 3.8) is 0 Å². The van der Waals surface area contributed by atoms with Gasteiger partial charge in [-0.2, -0.15) is 0 Å². The molecule has 0 heterocycles. The van der Waals surface area contributed by atoms with Crippen LogP contribution in [0.3, 0.4) is 0 Å². The molecular formula is C9H18N2O3. The first-order valence-corrected chi connectivity index (χ1v) is 4.62. The molecule has 0 aliphatic carbocycles. The van der Waals surface area contributed by atoms with Crippen LogP contribution >= 0.6 is 0 Å². The molecule has 0 radical (unpaired) electrons. The molecule has 2 atom stereocenters. The second-order valence-electron chi connectivity index (χ2n) is 3.77. The van der Waals surface area contributed by atoms with E-state index in [0.717, 1.165) is 0 Å². The average Bonchev–Trinajstić information content (AvgIpc) is 2.01. The minimum atomic E-state index is -1.12. The van der Waals surface area contributed by atoms with Crippen LogP contribution in [0.2, 0.25) is 0 Å². The monoisotopic (exact) mass is 202 g/mol. The SMILES string of the molecule is CC(C)C[C@H](NC(=O)C(C)O)C(N)=O. The molecule has 4 N–H and O–H groups in total. The zero-order chi connectivity index (χ0) is 11.3. The lowest BCUT2D eigenvalue weighted by Gasteiger charge is -2.18. The lowest BCUT2D eigenvalue weighted by Crippen LogP contribution is -2.48. The van der Waals surface area contributed by atoms with E-state index in [0.29, 0.717) is 6.42 Å². The maximum Gasteiger partial charge on any atom is 0.249 e. The predicted molar refractivity (Wildman–Crippen MR) is 52.3 cm³/mol. The third kappa shape index (κ3) is 4.81. The number of primary amides is 1. The molecule has 0 fully saturated rings. The van der Waals surface area contributed by atoms with Crippen molar-refractivity contribution in [1.82, 2.24) is 5.32 Å². The minimum Gasteiger partial charge on any atom is -0.384 e. The molecule has 82 valence electrons. The molecule has 0 aromatic rings. The molecule has 5 heteroatoms. The summed E-state index contributed by atoms with van der Waals surface area (Å²) in [6.07, 6.45) is -0.641. The third-order valence-electron chi connectivity index (χ3n) is 1.75. The van der Waals surface area contributed by atoms with E-state index in [9.17, 15) is 9.59 Å². The van der Waals surface area contributed by atoms with Gasteiger partial charge < -0.3 is 16.2 Å². The Morgan fingerprint density at radius 2 is 1.86 bits per heavy atom. The van der Waals surface area contributed by atoms with Crippen LogP contribution in [0.4, 0.5) is 0 Å². The summed E-state index contributed by atoms with van der Waals surface area (Å²) in [7, 11) is 0. The van der Waals surface area contributed by atoms with Crippen LogP contribution in [0.1, 0.15) is 27.2 Å². The number of carbonyl (C=O) groups is 2. The second kappa shape index (κ2) is 5.59. The predicted octanol–water partition coefficient (Wildman–Crippen LogP) is -0.617. The highest BCUT2D eigenvalue weighted by Gasteiger charge is 2.20. The fraction of sp³-hybridized carbons (Fsp3) is 0.778. The highest BCUT2D eigenvalue weighted by molar-refractivity contribution is 5.88. The summed E-state index contributed by atoms with van der Waals surface area (Å²) in [6, 6.07) is -0.697. The van der Waals surface area contributed by atoms with Gasteiger partial charge in [-0.3, -0.25) is 9.59 Å². The van der Waals surface area contributed by atoms with Gasteiger partial charge in [-0.15, -0.1) is 0 Å². The standard InChI is InChI=1S/C9H18N2O3/c1-5(2)4-7(8(10)13)11-9(14)6(3)12/h5-7,12H,4H2,1-3H3,(H2,10,13)(H,11,14)/t6?,7-/m0/s1. The summed E-state index contributed by atoms with van der Waals surface area (Å²) in [5.74, 6) is -0.899. The summed E-state index contributed by atoms with van der Waals surface area (Å²) < 4.78 is 0. The fourth-order valence-electron chi connectivity index (χ4n) is 1.01. The smallest absolute Gasteiger partial charge is 0.249 e. The molecule has 0 saturated heterocycles. The first-order chi connectivity index (χ1) is 6.34. The number of hydrogen-bond donors (Lipinski definition) is 3. The Balaban J connectivity index is 4.23. The molecule has 0 spiro atoms. The first kappa shape index (κ1) is 12.9. The number of amides is 2. The van der Waals surface area contributed by atoms with Gasteiger partial charge in [0.15, 0.2) is 0 Å². The highest BCUT2D eigenvalue weighted by Crippen LogP contribution is 2.04. The summed E-state index contributed by atoms with van der Waals surface area (Å²) in [6.45, 7) is 5.18. The summed E-state index contributed by atoms with van der Waals surface area (Å²) in [5, 5.41) is 11.3. The van der Waals surface area contributed by atoms with Crippen molar-refractivity contribution in [2.45, 2.75) is 39.3 Å². The zero-order valence-electron chi connectivity index (χ0n) is 8.78. The van der Waals surface area contributed by atoms with Crippen molar-refractivity contribution >= 4 is 11.8 Å². The van der Waals surface area contributed by atoms with Crippen molar-refractivity contribution in [3.8, 4) is 0 Å². The molecule has 0 aromatic carbocycles. The van der Waals surface area contributed by atoms with E-state index in [4.69, 9.17) is 10.8 Å². The van der Waals surface area contributed by atoms with E-state index in [-0.39, 0.29) is 5.92 Å². The molecule has 0 aromatic heterocycles. The van der Waals surface area contributed by atoms with Crippen LogP contribution in [0.5, 0.6) is 0 Å². The van der Waals surface area contributed by atoms with Gasteiger partial charge in [0.2, 0.25) is 11.8 Å². The Morgan fingerprint density at radius 1 is 1.36 bits per heavy atom. The third-order valence-corrected chi connectivity index (χ3v) is 1.75. The number of nitrogens with two attached hydrogens (primary N) is 1. The molecule has 0 aliphatic heterocycles. The van der Waals surface area contributed by atoms with E-state index in [2.05, 4.69) is 5.32 Å². The van der Waals surface area contributed by atoms with Gasteiger partial charge in [0.25, 0.3) is 0 Å². The van der Waals surface area contributed by atoms with Gasteiger partial charge in [-0.1, -0.05) is 13.8 Å². The second-order valence-corrected chi connectivity index (χ2v) is 3.77. The Hall–Kier alpha value is -1.10. The molecule has 0 aliphatic rings. The minimum absolute atomic E-state index is 0.252. The van der Waals surface area contributed by atoms with Gasteiger partial charge in [-0.05, 0) is 19.3 Å². The normalized spacial score (nSPS) is 14.9. The van der Waals surface area contributed by atoms with Crippen molar-refractivity contribution in [2.75, 3.05) is 0 Å². The van der Waals surface area contributed by atoms with Gasteiger partial charge in [-0.25, -0.2) is 0 Å². The molecule has 0 bridgehead atoms. The van der Waals surface area contributed by atoms with Crippen LogP contribution in [0.25, 0.3) is 0 Å². The Bertz CT molecular complexity index is 214. The fourth-order valence-corrected chi connectivity index (χ4v) is 1.01. The zero-order valence-corrected chi connectivity index (χ0v) is 8.78. The molecule has 14 heavy (non-hydrogen) atoms. The van der Waals surface area contributed by atoms with E-state index < -0.39 is 24.0 Å². The largest absolute Gasteiger partial charge is 0.384 e. The van der Waals surface area contributed by atoms with Crippen LogP contribution in [-0.2, 0) is 9.59 Å². The maximum absolute atomic E-state index is 11.1. The first-order valence-electron chi connectivity index (χ1n) is 4.62.